The number of benzene rings is 2. The predicted molar refractivity (Wildman–Crippen MR) is 94.3 cm³/mol. The number of hydrogen-bond acceptors (Lipinski definition) is 4. The number of esters is 1. The van der Waals surface area contributed by atoms with Crippen LogP contribution in [0.2, 0.25) is 5.02 Å². The van der Waals surface area contributed by atoms with Gasteiger partial charge in [0.15, 0.2) is 6.10 Å². The molecule has 0 heterocycles. The van der Waals surface area contributed by atoms with Crippen molar-refractivity contribution in [1.82, 2.24) is 5.32 Å². The van der Waals surface area contributed by atoms with E-state index in [1.165, 1.54) is 31.2 Å². The van der Waals surface area contributed by atoms with Gasteiger partial charge in [0.05, 0.1) is 10.7 Å². The first-order valence-electron chi connectivity index (χ1n) is 7.75. The molecule has 6 nitrogen and oxygen atoms in total. The molecule has 0 aromatic heterocycles. The maximum absolute atomic E-state index is 13.1. The molecule has 2 N–H and O–H groups in total. The van der Waals surface area contributed by atoms with E-state index < -0.39 is 42.1 Å². The molecule has 0 spiro atoms. The van der Waals surface area contributed by atoms with Crippen LogP contribution in [0.1, 0.15) is 17.3 Å². The van der Waals surface area contributed by atoms with Crippen molar-refractivity contribution in [2.24, 2.45) is 0 Å². The van der Waals surface area contributed by atoms with E-state index in [1.54, 1.807) is 0 Å². The number of hydrogen-bond donors (Lipinski definition) is 2. The smallest absolute Gasteiger partial charge is 0.326 e. The molecule has 142 valence electrons. The van der Waals surface area contributed by atoms with Crippen LogP contribution in [0.4, 0.5) is 14.5 Å². The average molecular weight is 397 g/mol. The number of nitrogens with one attached hydrogen (secondary N) is 2. The van der Waals surface area contributed by atoms with Crippen LogP contribution in [0.25, 0.3) is 0 Å². The first-order chi connectivity index (χ1) is 12.8. The zero-order valence-corrected chi connectivity index (χ0v) is 14.8. The Balaban J connectivity index is 1.83. The van der Waals surface area contributed by atoms with Crippen LogP contribution in [0.3, 0.4) is 0 Å². The van der Waals surface area contributed by atoms with E-state index in [9.17, 15) is 23.2 Å². The Bertz CT molecular complexity index is 876. The largest absolute Gasteiger partial charge is 0.451 e. The first kappa shape index (κ1) is 20.3. The van der Waals surface area contributed by atoms with E-state index in [2.05, 4.69) is 10.6 Å². The normalized spacial score (nSPS) is 11.4. The van der Waals surface area contributed by atoms with E-state index >= 15 is 0 Å². The van der Waals surface area contributed by atoms with Gasteiger partial charge in [-0.1, -0.05) is 17.7 Å². The molecule has 0 saturated heterocycles. The minimum absolute atomic E-state index is 0.00997. The quantitative estimate of drug-likeness (QED) is 0.735. The maximum Gasteiger partial charge on any atom is 0.326 e. The summed E-state index contributed by atoms with van der Waals surface area (Å²) >= 11 is 5.80. The van der Waals surface area contributed by atoms with Gasteiger partial charge in [0.2, 0.25) is 0 Å². The first-order valence-corrected chi connectivity index (χ1v) is 8.13. The Labute approximate surface area is 158 Å². The molecule has 0 bridgehead atoms. The fraction of sp³-hybridized carbons (Fsp3) is 0.167. The molecule has 0 aliphatic rings. The van der Waals surface area contributed by atoms with Crippen LogP contribution in [0.15, 0.2) is 42.5 Å². The summed E-state index contributed by atoms with van der Waals surface area (Å²) in [6.07, 6.45) is -1.19. The van der Waals surface area contributed by atoms with Gasteiger partial charge in [0.25, 0.3) is 11.8 Å². The molecule has 27 heavy (non-hydrogen) atoms. The topological polar surface area (TPSA) is 84.5 Å². The summed E-state index contributed by atoms with van der Waals surface area (Å²) in [5.74, 6) is -3.37. The predicted octanol–water partition coefficient (Wildman–Crippen LogP) is 2.92. The molecule has 2 aromatic carbocycles. The van der Waals surface area contributed by atoms with Crippen molar-refractivity contribution in [3.8, 4) is 0 Å². The molecular formula is C18H15ClF2N2O4. The number of anilines is 1. The molecule has 2 rings (SSSR count). The number of halogens is 3. The molecule has 2 amide bonds. The van der Waals surface area contributed by atoms with E-state index in [-0.39, 0.29) is 16.3 Å². The molecule has 0 aliphatic heterocycles. The highest BCUT2D eigenvalue weighted by atomic mass is 35.5. The van der Waals surface area contributed by atoms with Crippen molar-refractivity contribution in [2.75, 3.05) is 11.9 Å². The van der Waals surface area contributed by atoms with Crippen LogP contribution >= 0.6 is 11.6 Å². The van der Waals surface area contributed by atoms with Gasteiger partial charge in [-0.2, -0.15) is 0 Å². The second-order valence-electron chi connectivity index (χ2n) is 5.44. The lowest BCUT2D eigenvalue weighted by atomic mass is 10.2. The fourth-order valence-electron chi connectivity index (χ4n) is 2.00. The summed E-state index contributed by atoms with van der Waals surface area (Å²) < 4.78 is 31.0. The Kier molecular flexibility index (Phi) is 6.84. The van der Waals surface area contributed by atoms with Crippen LogP contribution < -0.4 is 10.6 Å². The van der Waals surface area contributed by atoms with Crippen molar-refractivity contribution < 1.29 is 27.9 Å². The lowest BCUT2D eigenvalue weighted by Crippen LogP contribution is -2.35. The van der Waals surface area contributed by atoms with Crippen molar-refractivity contribution in [1.29, 1.82) is 0 Å². The number of amides is 2. The zero-order valence-electron chi connectivity index (χ0n) is 14.1. The van der Waals surface area contributed by atoms with E-state index in [0.717, 1.165) is 18.2 Å². The second kappa shape index (κ2) is 9.09. The van der Waals surface area contributed by atoms with Gasteiger partial charge in [-0.3, -0.25) is 14.4 Å². The van der Waals surface area contributed by atoms with Gasteiger partial charge in [0, 0.05) is 5.56 Å². The van der Waals surface area contributed by atoms with Crippen LogP contribution in [-0.4, -0.2) is 30.4 Å². The number of carbonyl (C=O) groups is 3. The maximum atomic E-state index is 13.1. The van der Waals surface area contributed by atoms with Gasteiger partial charge in [0.1, 0.15) is 18.2 Å². The standard InChI is InChI=1S/C18H15ClF2N2O4/c1-10(17(25)23-15-6-5-13(21)8-14(15)19)27-16(24)9-22-18(26)11-3-2-4-12(20)7-11/h2-8,10H,9H2,1H3,(H,22,26)(H,23,25)/t10-/m1/s1. The summed E-state index contributed by atoms with van der Waals surface area (Å²) in [5, 5.41) is 4.65. The Morgan fingerprint density at radius 3 is 2.48 bits per heavy atom. The minimum Gasteiger partial charge on any atom is -0.451 e. The van der Waals surface area contributed by atoms with E-state index in [4.69, 9.17) is 16.3 Å². The lowest BCUT2D eigenvalue weighted by molar-refractivity contribution is -0.152. The Morgan fingerprint density at radius 2 is 1.81 bits per heavy atom. The van der Waals surface area contributed by atoms with Crippen LogP contribution in [0, 0.1) is 11.6 Å². The highest BCUT2D eigenvalue weighted by Gasteiger charge is 2.19. The third-order valence-corrected chi connectivity index (χ3v) is 3.66. The fourth-order valence-corrected chi connectivity index (χ4v) is 2.22. The van der Waals surface area contributed by atoms with Gasteiger partial charge in [-0.25, -0.2) is 8.78 Å². The van der Waals surface area contributed by atoms with Crippen molar-refractivity contribution in [3.63, 3.8) is 0 Å². The third kappa shape index (κ3) is 6.03. The van der Waals surface area contributed by atoms with Crippen LogP contribution in [-0.2, 0) is 14.3 Å². The Hall–Kier alpha value is -3.00. The number of rotatable bonds is 6. The zero-order chi connectivity index (χ0) is 20.0. The second-order valence-corrected chi connectivity index (χ2v) is 5.85. The molecule has 9 heteroatoms. The van der Waals surface area contributed by atoms with Crippen LogP contribution in [0.5, 0.6) is 0 Å². The van der Waals surface area contributed by atoms with Gasteiger partial charge in [-0.15, -0.1) is 0 Å². The van der Waals surface area contributed by atoms with Gasteiger partial charge >= 0.3 is 5.97 Å². The molecule has 2 aromatic rings. The van der Waals surface area contributed by atoms with E-state index in [0.29, 0.717) is 0 Å². The number of ether oxygens (including phenoxy) is 1. The minimum atomic E-state index is -1.19. The summed E-state index contributed by atoms with van der Waals surface area (Å²) in [6, 6.07) is 8.34. The summed E-state index contributed by atoms with van der Waals surface area (Å²) in [6.45, 7) is 0.809. The average Bonchev–Trinajstić information content (AvgIpc) is 2.61. The van der Waals surface area contributed by atoms with Gasteiger partial charge in [-0.05, 0) is 43.3 Å². The third-order valence-electron chi connectivity index (χ3n) is 3.35. The summed E-state index contributed by atoms with van der Waals surface area (Å²) in [5.41, 5.74) is 0.199. The van der Waals surface area contributed by atoms with Crippen molar-refractivity contribution in [3.05, 3.63) is 64.7 Å². The van der Waals surface area contributed by atoms with Crippen molar-refractivity contribution in [2.45, 2.75) is 13.0 Å². The highest BCUT2D eigenvalue weighted by molar-refractivity contribution is 6.33. The molecule has 1 atom stereocenters. The highest BCUT2D eigenvalue weighted by Crippen LogP contribution is 2.22. The molecule has 0 unspecified atom stereocenters. The van der Waals surface area contributed by atoms with Gasteiger partial charge < -0.3 is 15.4 Å². The molecule has 0 aliphatic carbocycles. The SMILES string of the molecule is C[C@@H](OC(=O)CNC(=O)c1cccc(F)c1)C(=O)Nc1ccc(F)cc1Cl. The van der Waals surface area contributed by atoms with Crippen molar-refractivity contribution >= 4 is 35.1 Å². The molecular weight excluding hydrogens is 382 g/mol. The molecule has 0 saturated carbocycles. The lowest BCUT2D eigenvalue weighted by Gasteiger charge is -2.14. The van der Waals surface area contributed by atoms with E-state index in [1.807, 2.05) is 0 Å². The molecule has 0 fully saturated rings. The Morgan fingerprint density at radius 1 is 1.11 bits per heavy atom. The summed E-state index contributed by atoms with van der Waals surface area (Å²) in [7, 11) is 0. The molecule has 0 radical (unpaired) electrons. The monoisotopic (exact) mass is 396 g/mol. The number of carbonyl (C=O) groups excluding carboxylic acids is 3. The summed E-state index contributed by atoms with van der Waals surface area (Å²) in [4.78, 5) is 35.6.